The zero-order chi connectivity index (χ0) is 16.0. The first kappa shape index (κ1) is 16.7. The number of anilines is 1. The molecule has 0 fully saturated rings. The molecule has 0 atom stereocenters. The number of benzene rings is 1. The Kier molecular flexibility index (Phi) is 5.52. The Morgan fingerprint density at radius 1 is 1.38 bits per heavy atom. The van der Waals surface area contributed by atoms with Gasteiger partial charge in [0, 0.05) is 22.6 Å². The largest absolute Gasteiger partial charge is 0.496 e. The van der Waals surface area contributed by atoms with Crippen molar-refractivity contribution in [2.24, 2.45) is 0 Å². The molecule has 0 spiro atoms. The molecule has 0 saturated heterocycles. The van der Waals surface area contributed by atoms with Gasteiger partial charge in [-0.1, -0.05) is 0 Å². The number of nitrogens with zero attached hydrogens (tertiary/aromatic N) is 1. The minimum atomic E-state index is -0.592. The monoisotopic (exact) mass is 296 g/mol. The molecule has 1 N–H and O–H groups in total. The molecule has 0 bridgehead atoms. The molecule has 0 unspecified atom stereocenters. The van der Waals surface area contributed by atoms with E-state index in [1.54, 1.807) is 39.0 Å². The number of nitrogens with one attached hydrogen (secondary N) is 1. The molecular formula is C14H20N2O5. The zero-order valence-corrected chi connectivity index (χ0v) is 12.6. The van der Waals surface area contributed by atoms with Gasteiger partial charge in [-0.3, -0.25) is 15.4 Å². The van der Waals surface area contributed by atoms with Crippen LogP contribution in [0.5, 0.6) is 5.75 Å². The number of hydrogen-bond donors (Lipinski definition) is 1. The molecule has 1 rings (SSSR count). The van der Waals surface area contributed by atoms with Crippen molar-refractivity contribution < 1.29 is 19.2 Å². The lowest BCUT2D eigenvalue weighted by molar-refractivity contribution is -0.479. The van der Waals surface area contributed by atoms with Gasteiger partial charge < -0.3 is 9.47 Å². The molecule has 21 heavy (non-hydrogen) atoms. The average molecular weight is 296 g/mol. The molecule has 1 aromatic rings. The Morgan fingerprint density at radius 3 is 2.57 bits per heavy atom. The van der Waals surface area contributed by atoms with Gasteiger partial charge in [-0.25, -0.2) is 4.79 Å². The third-order valence-corrected chi connectivity index (χ3v) is 2.49. The van der Waals surface area contributed by atoms with Gasteiger partial charge in [0.25, 0.3) is 0 Å². The Labute approximate surface area is 123 Å². The number of carbonyl (C=O) groups is 1. The van der Waals surface area contributed by atoms with E-state index in [0.29, 0.717) is 17.0 Å². The van der Waals surface area contributed by atoms with Crippen molar-refractivity contribution in [2.45, 2.75) is 32.8 Å². The van der Waals surface area contributed by atoms with Crippen LogP contribution in [0.3, 0.4) is 0 Å². The second-order valence-corrected chi connectivity index (χ2v) is 5.46. The van der Waals surface area contributed by atoms with Crippen molar-refractivity contribution in [1.82, 2.24) is 0 Å². The summed E-state index contributed by atoms with van der Waals surface area (Å²) in [5, 5.41) is 13.1. The molecule has 0 aliphatic rings. The van der Waals surface area contributed by atoms with Gasteiger partial charge in [0.2, 0.25) is 6.54 Å². The summed E-state index contributed by atoms with van der Waals surface area (Å²) in [6.45, 7) is 5.10. The van der Waals surface area contributed by atoms with Crippen LogP contribution in [-0.4, -0.2) is 30.3 Å². The summed E-state index contributed by atoms with van der Waals surface area (Å²) in [5.41, 5.74) is 0.566. The maximum absolute atomic E-state index is 11.7. The van der Waals surface area contributed by atoms with Gasteiger partial charge in [0.05, 0.1) is 7.11 Å². The molecule has 7 heteroatoms. The first-order valence-corrected chi connectivity index (χ1v) is 6.50. The third-order valence-electron chi connectivity index (χ3n) is 2.49. The topological polar surface area (TPSA) is 90.7 Å². The Bertz CT molecular complexity index is 523. The maximum Gasteiger partial charge on any atom is 0.412 e. The van der Waals surface area contributed by atoms with Crippen molar-refractivity contribution in [3.63, 3.8) is 0 Å². The molecule has 0 aliphatic heterocycles. The Balaban J connectivity index is 2.82. The van der Waals surface area contributed by atoms with E-state index in [-0.39, 0.29) is 13.0 Å². The van der Waals surface area contributed by atoms with E-state index in [0.717, 1.165) is 0 Å². The average Bonchev–Trinajstić information content (AvgIpc) is 2.34. The predicted octanol–water partition coefficient (Wildman–Crippen LogP) is 2.86. The summed E-state index contributed by atoms with van der Waals surface area (Å²) in [7, 11) is 1.49. The van der Waals surface area contributed by atoms with Gasteiger partial charge in [-0.15, -0.1) is 0 Å². The highest BCUT2D eigenvalue weighted by atomic mass is 16.6. The molecule has 7 nitrogen and oxygen atoms in total. The van der Waals surface area contributed by atoms with Crippen molar-refractivity contribution >= 4 is 11.8 Å². The fourth-order valence-corrected chi connectivity index (χ4v) is 1.68. The first-order chi connectivity index (χ1) is 9.71. The number of nitro groups is 1. The Hall–Kier alpha value is -2.31. The summed E-state index contributed by atoms with van der Waals surface area (Å²) in [5.74, 6) is 0.548. The van der Waals surface area contributed by atoms with Gasteiger partial charge in [-0.2, -0.15) is 0 Å². The summed E-state index contributed by atoms with van der Waals surface area (Å²) in [6, 6.07) is 4.95. The fourth-order valence-electron chi connectivity index (χ4n) is 1.68. The van der Waals surface area contributed by atoms with E-state index in [1.807, 2.05) is 0 Å². The van der Waals surface area contributed by atoms with Crippen molar-refractivity contribution in [1.29, 1.82) is 0 Å². The van der Waals surface area contributed by atoms with E-state index in [2.05, 4.69) is 5.32 Å². The van der Waals surface area contributed by atoms with Crippen LogP contribution in [0.4, 0.5) is 10.5 Å². The van der Waals surface area contributed by atoms with Crippen LogP contribution in [0.2, 0.25) is 0 Å². The second kappa shape index (κ2) is 6.92. The lowest BCUT2D eigenvalue weighted by Crippen LogP contribution is -2.27. The summed E-state index contributed by atoms with van der Waals surface area (Å²) in [6.07, 6.45) is -0.354. The van der Waals surface area contributed by atoms with Crippen LogP contribution in [0.15, 0.2) is 18.2 Å². The van der Waals surface area contributed by atoms with Gasteiger partial charge in [-0.05, 0) is 39.0 Å². The lowest BCUT2D eigenvalue weighted by Gasteiger charge is -2.20. The molecule has 0 aliphatic carbocycles. The molecule has 0 aromatic heterocycles. The highest BCUT2D eigenvalue weighted by molar-refractivity contribution is 5.85. The molecule has 0 radical (unpaired) electrons. The van der Waals surface area contributed by atoms with Crippen LogP contribution in [0, 0.1) is 10.1 Å². The normalized spacial score (nSPS) is 10.9. The van der Waals surface area contributed by atoms with E-state index < -0.39 is 16.6 Å². The summed E-state index contributed by atoms with van der Waals surface area (Å²) >= 11 is 0. The third kappa shape index (κ3) is 6.11. The standard InChI is InChI=1S/C14H20N2O5/c1-14(2,3)21-13(17)15-11-5-6-12(20-4)10(9-11)7-8-16(18)19/h5-6,9H,7-8H2,1-4H3,(H,15,17). The maximum atomic E-state index is 11.7. The van der Waals surface area contributed by atoms with Gasteiger partial charge in [0.1, 0.15) is 11.4 Å². The molecule has 1 amide bonds. The van der Waals surface area contributed by atoms with Crippen molar-refractivity contribution in [3.05, 3.63) is 33.9 Å². The molecule has 0 saturated carbocycles. The minimum Gasteiger partial charge on any atom is -0.496 e. The van der Waals surface area contributed by atoms with Crippen LogP contribution < -0.4 is 10.1 Å². The quantitative estimate of drug-likeness (QED) is 0.666. The van der Waals surface area contributed by atoms with Gasteiger partial charge in [0.15, 0.2) is 0 Å². The fraction of sp³-hybridized carbons (Fsp3) is 0.500. The summed E-state index contributed by atoms with van der Waals surface area (Å²) < 4.78 is 10.3. The SMILES string of the molecule is COc1ccc(NC(=O)OC(C)(C)C)cc1CC[N+](=O)[O-]. The zero-order valence-electron chi connectivity index (χ0n) is 12.6. The number of ether oxygens (including phenoxy) is 2. The van der Waals surface area contributed by atoms with Crippen molar-refractivity contribution in [2.75, 3.05) is 19.0 Å². The van der Waals surface area contributed by atoms with Gasteiger partial charge >= 0.3 is 6.09 Å². The number of carbonyl (C=O) groups excluding carboxylic acids is 1. The predicted molar refractivity (Wildman–Crippen MR) is 78.4 cm³/mol. The van der Waals surface area contributed by atoms with Crippen LogP contribution in [-0.2, 0) is 11.2 Å². The van der Waals surface area contributed by atoms with E-state index >= 15 is 0 Å². The van der Waals surface area contributed by atoms with E-state index in [9.17, 15) is 14.9 Å². The minimum absolute atomic E-state index is 0.202. The number of hydrogen-bond acceptors (Lipinski definition) is 5. The highest BCUT2D eigenvalue weighted by Gasteiger charge is 2.17. The lowest BCUT2D eigenvalue weighted by atomic mass is 10.1. The summed E-state index contributed by atoms with van der Waals surface area (Å²) in [4.78, 5) is 21.8. The van der Waals surface area contributed by atoms with E-state index in [4.69, 9.17) is 9.47 Å². The Morgan fingerprint density at radius 2 is 2.05 bits per heavy atom. The van der Waals surface area contributed by atoms with Crippen LogP contribution in [0.1, 0.15) is 26.3 Å². The smallest absolute Gasteiger partial charge is 0.412 e. The van der Waals surface area contributed by atoms with Crippen LogP contribution >= 0.6 is 0 Å². The molecule has 116 valence electrons. The second-order valence-electron chi connectivity index (χ2n) is 5.46. The molecule has 0 heterocycles. The molecule has 1 aromatic carbocycles. The first-order valence-electron chi connectivity index (χ1n) is 6.50. The van der Waals surface area contributed by atoms with Crippen LogP contribution in [0.25, 0.3) is 0 Å². The van der Waals surface area contributed by atoms with Crippen molar-refractivity contribution in [3.8, 4) is 5.75 Å². The number of amides is 1. The molecular weight excluding hydrogens is 276 g/mol. The highest BCUT2D eigenvalue weighted by Crippen LogP contribution is 2.23. The number of methoxy groups -OCH3 is 1. The van der Waals surface area contributed by atoms with E-state index in [1.165, 1.54) is 7.11 Å². The number of rotatable bonds is 5.